The molecule has 0 bridgehead atoms. The number of fused-ring (bicyclic) bond motifs is 28. The topological polar surface area (TPSA) is 71.3 Å². The van der Waals surface area contributed by atoms with Crippen LogP contribution in [0.5, 0.6) is 0 Å². The van der Waals surface area contributed by atoms with Gasteiger partial charge in [-0.25, -0.2) is 19.9 Å². The number of thiophene rings is 4. The zero-order chi connectivity index (χ0) is 67.6. The molecule has 24 aromatic rings. The van der Waals surface area contributed by atoms with Crippen LogP contribution in [-0.2, 0) is 0 Å². The summed E-state index contributed by atoms with van der Waals surface area (Å²) in [5.74, 6) is 2.99. The summed E-state index contributed by atoms with van der Waals surface area (Å²) in [7, 11) is 0. The number of pyridine rings is 1. The third-order valence-electron chi connectivity index (χ3n) is 21.6. The van der Waals surface area contributed by atoms with Crippen molar-refractivity contribution < 1.29 is 0 Å². The molecular weight excluding hydrogens is 1350 g/mol. The lowest BCUT2D eigenvalue weighted by atomic mass is 10.1. The molecule has 12 heteroatoms. The summed E-state index contributed by atoms with van der Waals surface area (Å²) in [6.45, 7) is 0. The molecule has 0 saturated carbocycles. The van der Waals surface area contributed by atoms with Crippen LogP contribution in [0.15, 0.2) is 303 Å². The van der Waals surface area contributed by atoms with E-state index in [2.05, 4.69) is 322 Å². The molecule has 24 rings (SSSR count). The molecule has 10 aromatic heterocycles. The first-order valence-electron chi connectivity index (χ1n) is 34.9. The summed E-state index contributed by atoms with van der Waals surface area (Å²) >= 11 is 7.40. The number of hydrogen-bond donors (Lipinski definition) is 0. The SMILES string of the molecule is c1ccc(-c2nc(-c3ccccc3)nc(-c3c(-n4c5ccccc5c5ccc6c7ccccc7sc6c54)c(-n4c5ccccc5c5ccc6c7ccccc7sc6c54)nc(-n4c5ccccc5c5ccc6c7ccccc7sc6c54)c3-n3c4ccccc4c4ccc5c6ccccc6sc5c43)n2)cc1. The predicted octanol–water partition coefficient (Wildman–Crippen LogP) is 26.1. The van der Waals surface area contributed by atoms with Crippen molar-refractivity contribution in [2.45, 2.75) is 0 Å². The van der Waals surface area contributed by atoms with Crippen LogP contribution in [0.2, 0.25) is 0 Å². The molecule has 0 unspecified atom stereocenters. The van der Waals surface area contributed by atoms with E-state index in [0.29, 0.717) is 29.1 Å². The van der Waals surface area contributed by atoms with Crippen LogP contribution in [0.3, 0.4) is 0 Å². The molecule has 104 heavy (non-hydrogen) atoms. The standard InChI is InChI=1S/C92H50N8S4/c1-3-23-51(24-4-1)88-93-89(52-25-5-2-6-26-52)95-90(94-88)77-82(97-69-35-15-7-27-53(69)61-43-47-65-57-31-11-19-39-73(57)101-84(65)78(61)97)91(99-71-37-17-9-29-55(71)63-45-49-67-59-33-13-21-41-75(59)103-86(67)80(63)99)96-92(100-72-38-18-10-30-56(72)64-46-50-68-60-34-14-22-42-76(60)104-87(68)81(64)100)83(77)98-70-36-16-8-28-54(70)62-44-48-66-58-32-12-20-40-74(58)102-85(66)79(62)98/h1-50H. The number of nitrogens with zero attached hydrogens (tertiary/aromatic N) is 8. The average molecular weight is 1400 g/mol. The minimum atomic E-state index is 0.483. The highest BCUT2D eigenvalue weighted by atomic mass is 32.1. The summed E-state index contributed by atoms with van der Waals surface area (Å²) in [6, 6.07) is 111. The Labute approximate surface area is 607 Å². The lowest BCUT2D eigenvalue weighted by molar-refractivity contribution is 0.956. The quantitative estimate of drug-likeness (QED) is 0.159. The molecule has 0 atom stereocenters. The molecule has 0 amide bonds. The molecule has 10 heterocycles. The number of aromatic nitrogens is 8. The molecular formula is C92H50N8S4. The summed E-state index contributed by atoms with van der Waals surface area (Å²) in [5.41, 5.74) is 12.5. The third kappa shape index (κ3) is 7.78. The van der Waals surface area contributed by atoms with E-state index in [4.69, 9.17) is 19.9 Å². The lowest BCUT2D eigenvalue weighted by Crippen LogP contribution is -2.17. The van der Waals surface area contributed by atoms with Gasteiger partial charge in [0.25, 0.3) is 0 Å². The normalized spacial score (nSPS) is 12.4. The van der Waals surface area contributed by atoms with Crippen molar-refractivity contribution >= 4 is 213 Å². The summed E-state index contributed by atoms with van der Waals surface area (Å²) < 4.78 is 19.8. The summed E-state index contributed by atoms with van der Waals surface area (Å²) in [6.07, 6.45) is 0. The maximum atomic E-state index is 6.94. The van der Waals surface area contributed by atoms with Crippen molar-refractivity contribution in [3.63, 3.8) is 0 Å². The Kier molecular flexibility index (Phi) is 11.8. The largest absolute Gasteiger partial charge is 0.304 e. The van der Waals surface area contributed by atoms with Crippen molar-refractivity contribution in [3.8, 4) is 57.2 Å². The smallest absolute Gasteiger partial charge is 0.168 e. The fourth-order valence-electron chi connectivity index (χ4n) is 17.2. The van der Waals surface area contributed by atoms with Gasteiger partial charge >= 0.3 is 0 Å². The van der Waals surface area contributed by atoms with E-state index in [9.17, 15) is 0 Å². The van der Waals surface area contributed by atoms with E-state index in [0.717, 1.165) is 115 Å². The Bertz CT molecular complexity index is 7420. The van der Waals surface area contributed by atoms with Gasteiger partial charge in [-0.15, -0.1) is 45.3 Å². The van der Waals surface area contributed by atoms with E-state index >= 15 is 0 Å². The van der Waals surface area contributed by atoms with Crippen molar-refractivity contribution in [1.29, 1.82) is 0 Å². The molecule has 8 nitrogen and oxygen atoms in total. The Hall–Kier alpha value is -12.7. The van der Waals surface area contributed by atoms with Crippen LogP contribution in [0.4, 0.5) is 0 Å². The molecule has 0 aliphatic rings. The van der Waals surface area contributed by atoms with Crippen LogP contribution < -0.4 is 0 Å². The van der Waals surface area contributed by atoms with Gasteiger partial charge < -0.3 is 9.13 Å². The van der Waals surface area contributed by atoms with E-state index in [-0.39, 0.29) is 0 Å². The molecule has 14 aromatic carbocycles. The van der Waals surface area contributed by atoms with E-state index in [1.807, 2.05) is 45.3 Å². The molecule has 0 spiro atoms. The highest BCUT2D eigenvalue weighted by Crippen LogP contribution is 2.54. The van der Waals surface area contributed by atoms with Gasteiger partial charge in [-0.05, 0) is 48.5 Å². The van der Waals surface area contributed by atoms with Crippen molar-refractivity contribution in [2.24, 2.45) is 0 Å². The second-order valence-electron chi connectivity index (χ2n) is 27.0. The van der Waals surface area contributed by atoms with Gasteiger partial charge in [-0.1, -0.05) is 255 Å². The highest BCUT2D eigenvalue weighted by Gasteiger charge is 2.36. The van der Waals surface area contributed by atoms with Crippen LogP contribution in [0.25, 0.3) is 225 Å². The molecule has 0 aliphatic heterocycles. The van der Waals surface area contributed by atoms with E-state index in [1.165, 1.54) is 80.7 Å². The molecule has 482 valence electrons. The molecule has 0 fully saturated rings. The zero-order valence-corrected chi connectivity index (χ0v) is 58.3. The van der Waals surface area contributed by atoms with Gasteiger partial charge in [0.1, 0.15) is 11.4 Å². The van der Waals surface area contributed by atoms with Gasteiger partial charge in [-0.2, -0.15) is 0 Å². The fraction of sp³-hybridized carbons (Fsp3) is 0. The second kappa shape index (κ2) is 21.4. The predicted molar refractivity (Wildman–Crippen MR) is 443 cm³/mol. The first kappa shape index (κ1) is 57.0. The number of para-hydroxylation sites is 4. The minimum absolute atomic E-state index is 0.483. The van der Waals surface area contributed by atoms with Gasteiger partial charge in [0.05, 0.1) is 68.5 Å². The molecule has 0 aliphatic carbocycles. The number of benzene rings is 14. The highest BCUT2D eigenvalue weighted by molar-refractivity contribution is 7.28. The number of hydrogen-bond acceptors (Lipinski definition) is 8. The Morgan fingerprint density at radius 3 is 0.769 bits per heavy atom. The average Bonchev–Trinajstić information content (AvgIpc) is 1.48. The maximum Gasteiger partial charge on any atom is 0.168 e. The maximum absolute atomic E-state index is 6.94. The Balaban J connectivity index is 1.04. The van der Waals surface area contributed by atoms with Gasteiger partial charge in [0.2, 0.25) is 0 Å². The lowest BCUT2D eigenvalue weighted by Gasteiger charge is -2.26. The molecule has 0 radical (unpaired) electrons. The van der Waals surface area contributed by atoms with Crippen molar-refractivity contribution in [3.05, 3.63) is 303 Å². The fourth-order valence-corrected chi connectivity index (χ4v) is 22.2. The Morgan fingerprint density at radius 2 is 0.442 bits per heavy atom. The number of rotatable bonds is 7. The van der Waals surface area contributed by atoms with Gasteiger partial charge in [-0.3, -0.25) is 9.13 Å². The second-order valence-corrected chi connectivity index (χ2v) is 31.2. The van der Waals surface area contributed by atoms with Gasteiger partial charge in [0.15, 0.2) is 29.1 Å². The van der Waals surface area contributed by atoms with Crippen LogP contribution >= 0.6 is 45.3 Å². The van der Waals surface area contributed by atoms with Crippen LogP contribution in [0.1, 0.15) is 0 Å². The first-order valence-corrected chi connectivity index (χ1v) is 38.2. The summed E-state index contributed by atoms with van der Waals surface area (Å²) in [4.78, 5) is 24.8. The molecule has 0 N–H and O–H groups in total. The van der Waals surface area contributed by atoms with Gasteiger partial charge in [0, 0.05) is 116 Å². The van der Waals surface area contributed by atoms with Crippen LogP contribution in [0, 0.1) is 0 Å². The first-order chi connectivity index (χ1) is 51.6. The summed E-state index contributed by atoms with van der Waals surface area (Å²) in [5, 5.41) is 18.6. The van der Waals surface area contributed by atoms with Crippen LogP contribution in [-0.4, -0.2) is 38.2 Å². The van der Waals surface area contributed by atoms with E-state index < -0.39 is 0 Å². The van der Waals surface area contributed by atoms with Crippen molar-refractivity contribution in [1.82, 2.24) is 38.2 Å². The minimum Gasteiger partial charge on any atom is -0.304 e. The van der Waals surface area contributed by atoms with Crippen molar-refractivity contribution in [2.75, 3.05) is 0 Å². The third-order valence-corrected chi connectivity index (χ3v) is 26.4. The van der Waals surface area contributed by atoms with E-state index in [1.54, 1.807) is 0 Å². The molecule has 0 saturated heterocycles. The zero-order valence-electron chi connectivity index (χ0n) is 55.1. The monoisotopic (exact) mass is 1390 g/mol. The Morgan fingerprint density at radius 1 is 0.192 bits per heavy atom.